The zero-order valence-electron chi connectivity index (χ0n) is 29.7. The van der Waals surface area contributed by atoms with E-state index in [0.29, 0.717) is 31.7 Å². The number of hydrogen-bond acceptors (Lipinski definition) is 5. The van der Waals surface area contributed by atoms with E-state index in [4.69, 9.17) is 0 Å². The maximum Gasteiger partial charge on any atom is 0.237 e. The quantitative estimate of drug-likeness (QED) is 0.129. The summed E-state index contributed by atoms with van der Waals surface area (Å²) in [4.78, 5) is 42.9. The highest BCUT2D eigenvalue weighted by molar-refractivity contribution is 5.83. The SMILES string of the molecule is CC#CC1CC(C(=O)NC(CC2CCCCC2)C(O)CN(CCCC)NC(=O)C2CCCCC2)CC(C(=O)N(CCC)CCC)C1. The Morgan fingerprint density at radius 3 is 2.02 bits per heavy atom. The minimum atomic E-state index is -0.814. The molecule has 8 heteroatoms. The van der Waals surface area contributed by atoms with Gasteiger partial charge in [-0.2, -0.15) is 0 Å². The van der Waals surface area contributed by atoms with Crippen molar-refractivity contribution in [2.45, 2.75) is 155 Å². The molecule has 8 nitrogen and oxygen atoms in total. The minimum Gasteiger partial charge on any atom is -0.390 e. The van der Waals surface area contributed by atoms with Crippen LogP contribution in [0.3, 0.4) is 0 Å². The maximum atomic E-state index is 14.1. The molecular formula is C38H66N4O4. The second-order valence-corrected chi connectivity index (χ2v) is 14.6. The van der Waals surface area contributed by atoms with Gasteiger partial charge in [0.2, 0.25) is 17.7 Å². The Bertz CT molecular complexity index is 975. The standard InChI is InChI=1S/C38H66N4O4/c1-5-9-23-42(40-37(45)31-19-14-11-15-20-31)28-35(43)34(26-29-17-12-10-13-18-29)39-36(44)32-24-30(16-6-2)25-33(27-32)38(46)41(21-7-3)22-8-4/h29-35,43H,5,7-15,17-28H2,1-4H3,(H,39,44)(H,40,45). The molecule has 3 aliphatic rings. The van der Waals surface area contributed by atoms with E-state index in [1.54, 1.807) is 0 Å². The number of nitrogens with zero attached hydrogens (tertiary/aromatic N) is 2. The van der Waals surface area contributed by atoms with Crippen LogP contribution in [0.1, 0.15) is 143 Å². The molecule has 3 aliphatic carbocycles. The average molecular weight is 643 g/mol. The van der Waals surface area contributed by atoms with Gasteiger partial charge in [0.25, 0.3) is 0 Å². The van der Waals surface area contributed by atoms with Gasteiger partial charge in [-0.1, -0.05) is 78.6 Å². The predicted octanol–water partition coefficient (Wildman–Crippen LogP) is 6.22. The van der Waals surface area contributed by atoms with Crippen LogP contribution in [0, 0.1) is 41.4 Å². The van der Waals surface area contributed by atoms with Crippen molar-refractivity contribution in [3.63, 3.8) is 0 Å². The van der Waals surface area contributed by atoms with Crippen molar-refractivity contribution in [1.82, 2.24) is 20.7 Å². The fourth-order valence-corrected chi connectivity index (χ4v) is 8.09. The summed E-state index contributed by atoms with van der Waals surface area (Å²) in [5.74, 6) is 6.47. The van der Waals surface area contributed by atoms with Gasteiger partial charge >= 0.3 is 0 Å². The van der Waals surface area contributed by atoms with Gasteiger partial charge in [0.05, 0.1) is 12.1 Å². The number of hydrogen-bond donors (Lipinski definition) is 3. The van der Waals surface area contributed by atoms with Gasteiger partial charge in [-0.3, -0.25) is 19.8 Å². The first kappa shape index (κ1) is 38.3. The molecule has 0 bridgehead atoms. The van der Waals surface area contributed by atoms with E-state index in [-0.39, 0.29) is 47.9 Å². The number of aliphatic hydroxyl groups excluding tert-OH is 1. The number of hydrazine groups is 1. The zero-order valence-corrected chi connectivity index (χ0v) is 29.7. The Morgan fingerprint density at radius 1 is 0.783 bits per heavy atom. The summed E-state index contributed by atoms with van der Waals surface area (Å²) in [5.41, 5.74) is 3.16. The summed E-state index contributed by atoms with van der Waals surface area (Å²) < 4.78 is 0. The Kier molecular flexibility index (Phi) is 17.5. The molecule has 3 saturated carbocycles. The van der Waals surface area contributed by atoms with Gasteiger partial charge in [0.15, 0.2) is 0 Å². The Balaban J connectivity index is 1.75. The van der Waals surface area contributed by atoms with Gasteiger partial charge in [-0.05, 0) is 70.6 Å². The smallest absolute Gasteiger partial charge is 0.237 e. The van der Waals surface area contributed by atoms with Crippen molar-refractivity contribution in [1.29, 1.82) is 0 Å². The Morgan fingerprint density at radius 2 is 1.41 bits per heavy atom. The third-order valence-corrected chi connectivity index (χ3v) is 10.6. The van der Waals surface area contributed by atoms with Crippen molar-refractivity contribution >= 4 is 17.7 Å². The second-order valence-electron chi connectivity index (χ2n) is 14.6. The van der Waals surface area contributed by atoms with Crippen LogP contribution in [0.2, 0.25) is 0 Å². The van der Waals surface area contributed by atoms with Crippen LogP contribution in [0.5, 0.6) is 0 Å². The van der Waals surface area contributed by atoms with Crippen LogP contribution in [0.15, 0.2) is 0 Å². The molecule has 5 atom stereocenters. The van der Waals surface area contributed by atoms with E-state index in [2.05, 4.69) is 43.4 Å². The van der Waals surface area contributed by atoms with Crippen molar-refractivity contribution in [3.8, 4) is 11.8 Å². The average Bonchev–Trinajstić information content (AvgIpc) is 3.07. The first-order valence-corrected chi connectivity index (χ1v) is 19.0. The van der Waals surface area contributed by atoms with Crippen LogP contribution in [0.25, 0.3) is 0 Å². The highest BCUT2D eigenvalue weighted by atomic mass is 16.3. The molecule has 46 heavy (non-hydrogen) atoms. The number of nitrogens with one attached hydrogen (secondary N) is 2. The zero-order chi connectivity index (χ0) is 33.3. The molecule has 3 amide bonds. The van der Waals surface area contributed by atoms with E-state index >= 15 is 0 Å². The summed E-state index contributed by atoms with van der Waals surface area (Å²) >= 11 is 0. The summed E-state index contributed by atoms with van der Waals surface area (Å²) in [6.45, 7) is 10.6. The van der Waals surface area contributed by atoms with E-state index in [1.165, 1.54) is 25.7 Å². The highest BCUT2D eigenvalue weighted by Crippen LogP contribution is 2.35. The van der Waals surface area contributed by atoms with Gasteiger partial charge in [0, 0.05) is 49.9 Å². The molecule has 3 N–H and O–H groups in total. The third kappa shape index (κ3) is 12.5. The molecule has 262 valence electrons. The number of amides is 3. The molecule has 0 saturated heterocycles. The van der Waals surface area contributed by atoms with Crippen molar-refractivity contribution in [3.05, 3.63) is 0 Å². The Labute approximate surface area is 280 Å². The topological polar surface area (TPSA) is 102 Å². The fourth-order valence-electron chi connectivity index (χ4n) is 8.09. The summed E-state index contributed by atoms with van der Waals surface area (Å²) in [6.07, 6.45) is 16.7. The lowest BCUT2D eigenvalue weighted by molar-refractivity contribution is -0.139. The van der Waals surface area contributed by atoms with Crippen molar-refractivity contribution in [2.24, 2.45) is 29.6 Å². The molecule has 0 aromatic heterocycles. The second kappa shape index (κ2) is 21.0. The number of rotatable bonds is 17. The number of carbonyl (C=O) groups excluding carboxylic acids is 3. The summed E-state index contributed by atoms with van der Waals surface area (Å²) in [6, 6.07) is -0.408. The van der Waals surface area contributed by atoms with Gasteiger partial charge in [-0.25, -0.2) is 5.01 Å². The normalized spacial score (nSPS) is 24.0. The Hall–Kier alpha value is -2.11. The molecular weight excluding hydrogens is 576 g/mol. The monoisotopic (exact) mass is 643 g/mol. The van der Waals surface area contributed by atoms with E-state index < -0.39 is 12.1 Å². The highest BCUT2D eigenvalue weighted by Gasteiger charge is 2.39. The lowest BCUT2D eigenvalue weighted by Gasteiger charge is -2.37. The number of unbranched alkanes of at least 4 members (excludes halogenated alkanes) is 1. The van der Waals surface area contributed by atoms with Crippen LogP contribution in [-0.4, -0.2) is 71.1 Å². The minimum absolute atomic E-state index is 0.00908. The largest absolute Gasteiger partial charge is 0.390 e. The third-order valence-electron chi connectivity index (χ3n) is 10.6. The van der Waals surface area contributed by atoms with Crippen molar-refractivity contribution < 1.29 is 19.5 Å². The van der Waals surface area contributed by atoms with E-state index in [9.17, 15) is 19.5 Å². The van der Waals surface area contributed by atoms with Crippen molar-refractivity contribution in [2.75, 3.05) is 26.2 Å². The van der Waals surface area contributed by atoms with Crippen LogP contribution in [0.4, 0.5) is 0 Å². The van der Waals surface area contributed by atoms with Crippen LogP contribution < -0.4 is 10.7 Å². The van der Waals surface area contributed by atoms with Gasteiger partial charge in [0.1, 0.15) is 0 Å². The number of carbonyl (C=O) groups is 3. The fraction of sp³-hybridized carbons (Fsp3) is 0.868. The molecule has 0 aliphatic heterocycles. The van der Waals surface area contributed by atoms with E-state index in [1.807, 2.05) is 16.8 Å². The molecule has 0 aromatic carbocycles. The van der Waals surface area contributed by atoms with Gasteiger partial charge in [-0.15, -0.1) is 11.8 Å². The summed E-state index contributed by atoms with van der Waals surface area (Å²) in [5, 5.41) is 17.0. The molecule has 0 spiro atoms. The molecule has 5 unspecified atom stereocenters. The lowest BCUT2D eigenvalue weighted by atomic mass is 9.74. The van der Waals surface area contributed by atoms with Crippen LogP contribution >= 0.6 is 0 Å². The first-order chi connectivity index (χ1) is 22.3. The lowest BCUT2D eigenvalue weighted by Crippen LogP contribution is -2.55. The van der Waals surface area contributed by atoms with Gasteiger partial charge < -0.3 is 15.3 Å². The number of aliphatic hydroxyl groups is 1. The molecule has 3 rings (SSSR count). The molecule has 0 aromatic rings. The molecule has 0 heterocycles. The predicted molar refractivity (Wildman–Crippen MR) is 185 cm³/mol. The maximum absolute atomic E-state index is 14.1. The van der Waals surface area contributed by atoms with E-state index in [0.717, 1.165) is 83.7 Å². The molecule has 0 radical (unpaired) electrons. The van der Waals surface area contributed by atoms with Crippen LogP contribution in [-0.2, 0) is 14.4 Å². The molecule has 3 fully saturated rings. The first-order valence-electron chi connectivity index (χ1n) is 19.0. The summed E-state index contributed by atoms with van der Waals surface area (Å²) in [7, 11) is 0.